The summed E-state index contributed by atoms with van der Waals surface area (Å²) in [6, 6.07) is 0. The van der Waals surface area contributed by atoms with Crippen molar-refractivity contribution in [1.82, 2.24) is 0 Å². The number of thioether (sulfide) groups is 4. The van der Waals surface area contributed by atoms with Crippen molar-refractivity contribution < 1.29 is 0 Å². The van der Waals surface area contributed by atoms with Crippen LogP contribution in [-0.2, 0) is 0 Å². The fraction of sp³-hybridized carbons (Fsp3) is 1.00. The van der Waals surface area contributed by atoms with E-state index in [4.69, 9.17) is 0 Å². The Bertz CT molecular complexity index is 198. The van der Waals surface area contributed by atoms with E-state index in [1.807, 2.05) is 0 Å². The van der Waals surface area contributed by atoms with Gasteiger partial charge in [-0.15, -0.1) is 0 Å². The number of hydrogen-bond donors (Lipinski definition) is 0. The third-order valence-electron chi connectivity index (χ3n) is 2.98. The van der Waals surface area contributed by atoms with Crippen LogP contribution in [0.15, 0.2) is 0 Å². The predicted octanol–water partition coefficient (Wildman–Crippen LogP) is 3.29. The Labute approximate surface area is 126 Å². The molecule has 0 saturated carbocycles. The summed E-state index contributed by atoms with van der Waals surface area (Å²) >= 11 is 9.30. The van der Waals surface area contributed by atoms with Gasteiger partial charge in [0.25, 0.3) is 0 Å². The maximum atomic E-state index is 2.33. The van der Waals surface area contributed by atoms with Gasteiger partial charge in [-0.1, -0.05) is 0 Å². The molecule has 0 aliphatic carbocycles. The second kappa shape index (κ2) is 6.57. The first-order chi connectivity index (χ1) is 7.90. The van der Waals surface area contributed by atoms with Crippen LogP contribution in [0.25, 0.3) is 0 Å². The topological polar surface area (TPSA) is 0 Å². The summed E-state index contributed by atoms with van der Waals surface area (Å²) in [5, 5.41) is 3.16. The Kier molecular flexibility index (Phi) is 5.41. The molecular weight excluding hydrogens is 388 g/mol. The molecule has 0 nitrogen and oxygen atoms in total. The van der Waals surface area contributed by atoms with Crippen LogP contribution in [0.2, 0.25) is 4.47 Å². The molecule has 0 aromatic carbocycles. The van der Waals surface area contributed by atoms with Gasteiger partial charge >= 0.3 is 127 Å². The normalized spacial score (nSPS) is 42.0. The van der Waals surface area contributed by atoms with Gasteiger partial charge in [0.2, 0.25) is 0 Å². The van der Waals surface area contributed by atoms with Crippen molar-refractivity contribution in [3.8, 4) is 0 Å². The molecule has 3 aliphatic heterocycles. The van der Waals surface area contributed by atoms with E-state index in [9.17, 15) is 0 Å². The molecule has 3 heterocycles. The van der Waals surface area contributed by atoms with Crippen LogP contribution < -0.4 is 0 Å². The Balaban J connectivity index is 1.28. The monoisotopic (exact) mass is 408 g/mol. The first-order valence-electron chi connectivity index (χ1n) is 5.98. The van der Waals surface area contributed by atoms with Gasteiger partial charge in [0.1, 0.15) is 0 Å². The second-order valence-electron chi connectivity index (χ2n) is 4.54. The quantitative estimate of drug-likeness (QED) is 0.491. The third-order valence-corrected chi connectivity index (χ3v) is 14.2. The minimum atomic E-state index is 0.341. The van der Waals surface area contributed by atoms with E-state index in [0.29, 0.717) is 20.9 Å². The van der Waals surface area contributed by atoms with Crippen molar-refractivity contribution in [2.45, 2.75) is 36.4 Å². The molecule has 0 N–H and O–H groups in total. The van der Waals surface area contributed by atoms with Crippen LogP contribution in [0.3, 0.4) is 0 Å². The molecule has 0 amide bonds. The van der Waals surface area contributed by atoms with Gasteiger partial charge in [-0.3, -0.25) is 0 Å². The SMILES string of the molecule is C1CC(SCC2CS2)[Te]CC1SCC1CS1. The number of rotatable bonds is 6. The first-order valence-corrected chi connectivity index (χ1v) is 13.2. The molecule has 5 heteroatoms. The van der Waals surface area contributed by atoms with Crippen LogP contribution in [-0.4, -0.2) is 63.0 Å². The van der Waals surface area contributed by atoms with Crippen molar-refractivity contribution in [3.63, 3.8) is 0 Å². The van der Waals surface area contributed by atoms with Crippen molar-refractivity contribution in [2.24, 2.45) is 0 Å². The van der Waals surface area contributed by atoms with Crippen LogP contribution >= 0.6 is 47.0 Å². The summed E-state index contributed by atoms with van der Waals surface area (Å²) in [6.45, 7) is 0. The van der Waals surface area contributed by atoms with E-state index in [1.165, 1.54) is 29.4 Å². The number of hydrogen-bond acceptors (Lipinski definition) is 4. The van der Waals surface area contributed by atoms with E-state index in [1.54, 1.807) is 10.9 Å². The van der Waals surface area contributed by atoms with Crippen LogP contribution in [0.4, 0.5) is 0 Å². The second-order valence-corrected chi connectivity index (χ2v) is 14.2. The molecule has 4 unspecified atom stereocenters. The van der Waals surface area contributed by atoms with E-state index in [2.05, 4.69) is 47.0 Å². The van der Waals surface area contributed by atoms with Gasteiger partial charge in [0.05, 0.1) is 0 Å². The zero-order chi connectivity index (χ0) is 10.8. The zero-order valence-electron chi connectivity index (χ0n) is 9.30. The molecule has 92 valence electrons. The molecule has 0 radical (unpaired) electrons. The Morgan fingerprint density at radius 2 is 1.69 bits per heavy atom. The summed E-state index contributed by atoms with van der Waals surface area (Å²) in [4.78, 5) is 0. The average molecular weight is 406 g/mol. The van der Waals surface area contributed by atoms with Gasteiger partial charge in [-0.2, -0.15) is 0 Å². The fourth-order valence-corrected chi connectivity index (χ4v) is 11.7. The molecule has 0 aromatic heterocycles. The van der Waals surface area contributed by atoms with Crippen molar-refractivity contribution in [1.29, 1.82) is 0 Å². The minimum absolute atomic E-state index is 0.341. The molecule has 3 rings (SSSR count). The molecular formula is C11H18S4Te. The van der Waals surface area contributed by atoms with Crippen molar-refractivity contribution in [2.75, 3.05) is 23.0 Å². The first kappa shape index (κ1) is 13.2. The van der Waals surface area contributed by atoms with Crippen molar-refractivity contribution >= 4 is 68.0 Å². The summed E-state index contributed by atoms with van der Waals surface area (Å²) in [5.74, 6) is 5.83. The predicted molar refractivity (Wildman–Crippen MR) is 84.8 cm³/mol. The van der Waals surface area contributed by atoms with Crippen LogP contribution in [0.5, 0.6) is 0 Å². The van der Waals surface area contributed by atoms with Gasteiger partial charge < -0.3 is 0 Å². The van der Waals surface area contributed by atoms with Gasteiger partial charge in [-0.05, 0) is 0 Å². The molecule has 0 spiro atoms. The summed E-state index contributed by atoms with van der Waals surface area (Å²) < 4.78 is 2.77. The maximum absolute atomic E-state index is 2.33. The van der Waals surface area contributed by atoms with Gasteiger partial charge in [-0.25, -0.2) is 0 Å². The van der Waals surface area contributed by atoms with E-state index >= 15 is 0 Å². The molecule has 0 aromatic rings. The third kappa shape index (κ3) is 4.70. The fourth-order valence-electron chi connectivity index (χ4n) is 1.75. The summed E-state index contributed by atoms with van der Waals surface area (Å²) in [7, 11) is 0. The van der Waals surface area contributed by atoms with Gasteiger partial charge in [0, 0.05) is 0 Å². The van der Waals surface area contributed by atoms with Gasteiger partial charge in [0.15, 0.2) is 0 Å². The molecule has 3 fully saturated rings. The molecule has 16 heavy (non-hydrogen) atoms. The standard InChI is InChI=1S/C11H18S4Te/c1-2-11(15-6-10-5-14-10)16-7-8(1)12-3-9-4-13-9/h8-11H,1-7H2. The van der Waals surface area contributed by atoms with E-state index < -0.39 is 0 Å². The van der Waals surface area contributed by atoms with Crippen LogP contribution in [0.1, 0.15) is 12.8 Å². The van der Waals surface area contributed by atoms with E-state index in [0.717, 1.165) is 19.0 Å². The van der Waals surface area contributed by atoms with Crippen LogP contribution in [0, 0.1) is 0 Å². The molecule has 3 saturated heterocycles. The molecule has 0 bridgehead atoms. The Hall–Kier alpha value is 2.19. The molecule has 3 aliphatic rings. The summed E-state index contributed by atoms with van der Waals surface area (Å²) in [5.41, 5.74) is 0. The van der Waals surface area contributed by atoms with Crippen molar-refractivity contribution in [3.05, 3.63) is 0 Å². The summed E-state index contributed by atoms with van der Waals surface area (Å²) in [6.07, 6.45) is 3.09. The zero-order valence-corrected chi connectivity index (χ0v) is 14.9. The Morgan fingerprint density at radius 3 is 2.25 bits per heavy atom. The Morgan fingerprint density at radius 1 is 1.00 bits per heavy atom. The van der Waals surface area contributed by atoms with E-state index in [-0.39, 0.29) is 0 Å². The molecule has 4 atom stereocenters. The average Bonchev–Trinajstić information content (AvgIpc) is 3.17.